The van der Waals surface area contributed by atoms with E-state index in [2.05, 4.69) is 10.6 Å². The van der Waals surface area contributed by atoms with E-state index in [1.54, 1.807) is 35.4 Å². The highest BCUT2D eigenvalue weighted by atomic mass is 16.6. The minimum absolute atomic E-state index is 0. The van der Waals surface area contributed by atoms with Crippen molar-refractivity contribution in [3.63, 3.8) is 0 Å². The summed E-state index contributed by atoms with van der Waals surface area (Å²) in [5, 5.41) is 14.7. The highest BCUT2D eigenvalue weighted by Crippen LogP contribution is 2.40. The van der Waals surface area contributed by atoms with Crippen LogP contribution in [0.3, 0.4) is 0 Å². The molecule has 4 rings (SSSR count). The number of carbonyl (C=O) groups is 4. The number of amides is 2. The molecule has 6 atom stereocenters. The number of hydrogen-bond acceptors (Lipinski definition) is 9. The zero-order chi connectivity index (χ0) is 42.3. The van der Waals surface area contributed by atoms with Crippen LogP contribution in [0.15, 0.2) is 60.7 Å². The van der Waals surface area contributed by atoms with Crippen LogP contribution in [0.5, 0.6) is 0 Å². The predicted octanol–water partition coefficient (Wildman–Crippen LogP) is 7.04. The zero-order valence-electron chi connectivity index (χ0n) is 36.6. The van der Waals surface area contributed by atoms with Crippen LogP contribution in [0.2, 0.25) is 5.82 Å². The Hall–Kier alpha value is -3.55. The van der Waals surface area contributed by atoms with Crippen LogP contribution < -0.4 is 16.4 Å². The zero-order valence-corrected chi connectivity index (χ0v) is 36.6. The fourth-order valence-corrected chi connectivity index (χ4v) is 6.39. The number of carbonyl (C=O) groups excluding carboxylic acids is 3. The average Bonchev–Trinajstić information content (AvgIpc) is 4.17. The summed E-state index contributed by atoms with van der Waals surface area (Å²) in [7, 11) is 5.86. The van der Waals surface area contributed by atoms with E-state index in [0.717, 1.165) is 36.3 Å². The first-order valence-electron chi connectivity index (χ1n) is 20.6. The van der Waals surface area contributed by atoms with Gasteiger partial charge in [0.15, 0.2) is 5.78 Å². The van der Waals surface area contributed by atoms with Crippen LogP contribution in [0.1, 0.15) is 104 Å². The van der Waals surface area contributed by atoms with E-state index < -0.39 is 25.2 Å². The molecule has 2 aliphatic carbocycles. The Labute approximate surface area is 357 Å². The maximum Gasteiger partial charge on any atom is 0.474 e. The van der Waals surface area contributed by atoms with Crippen molar-refractivity contribution in [2.75, 3.05) is 28.4 Å². The van der Waals surface area contributed by atoms with Crippen molar-refractivity contribution in [1.29, 1.82) is 0 Å². The summed E-state index contributed by atoms with van der Waals surface area (Å²) in [5.74, 6) is 0.0331. The summed E-state index contributed by atoms with van der Waals surface area (Å²) in [6.45, 7) is 7.56. The van der Waals surface area contributed by atoms with Crippen molar-refractivity contribution in [3.05, 3.63) is 79.2 Å². The minimum Gasteiger partial charge on any atom is -0.480 e. The lowest BCUT2D eigenvalue weighted by atomic mass is 9.66. The number of carboxylic acid groups (broad SMARTS) is 1. The van der Waals surface area contributed by atoms with Crippen LogP contribution in [-0.4, -0.2) is 89.4 Å². The van der Waals surface area contributed by atoms with Gasteiger partial charge in [0.25, 0.3) is 0 Å². The van der Waals surface area contributed by atoms with Gasteiger partial charge in [-0.2, -0.15) is 0 Å². The van der Waals surface area contributed by atoms with Gasteiger partial charge in [-0.25, -0.2) is 4.79 Å². The average molecular weight is 825 g/mol. The molecule has 0 aliphatic heterocycles. The molecule has 5 N–H and O–H groups in total. The number of ketones is 1. The van der Waals surface area contributed by atoms with Crippen molar-refractivity contribution < 1.29 is 42.9 Å². The van der Waals surface area contributed by atoms with Crippen LogP contribution in [0.25, 0.3) is 0 Å². The number of benzene rings is 2. The molecule has 2 saturated carbocycles. The summed E-state index contributed by atoms with van der Waals surface area (Å²) in [6, 6.07) is 17.7. The van der Waals surface area contributed by atoms with Crippen molar-refractivity contribution in [3.8, 4) is 0 Å². The van der Waals surface area contributed by atoms with Gasteiger partial charge in [-0.1, -0.05) is 121 Å². The predicted molar refractivity (Wildman–Crippen MR) is 239 cm³/mol. The van der Waals surface area contributed by atoms with Gasteiger partial charge in [-0.05, 0) is 55.1 Å². The van der Waals surface area contributed by atoms with Gasteiger partial charge >= 0.3 is 20.2 Å². The number of Topliss-reactive ketones (excluding diaryl/α,β-unsaturated/α-hetero) is 1. The van der Waals surface area contributed by atoms with E-state index in [4.69, 9.17) is 29.5 Å². The van der Waals surface area contributed by atoms with E-state index in [9.17, 15) is 19.2 Å². The van der Waals surface area contributed by atoms with Gasteiger partial charge in [-0.3, -0.25) is 14.4 Å². The van der Waals surface area contributed by atoms with Gasteiger partial charge in [0.1, 0.15) is 6.04 Å². The smallest absolute Gasteiger partial charge is 0.474 e. The molecule has 14 heteroatoms. The first-order valence-corrected chi connectivity index (χ1v) is 20.6. The lowest BCUT2D eigenvalue weighted by Gasteiger charge is -2.24. The number of rotatable bonds is 24. The third kappa shape index (κ3) is 22.0. The van der Waals surface area contributed by atoms with Crippen molar-refractivity contribution in [1.82, 2.24) is 10.6 Å². The molecular formula is C45H76B2N3O9-. The minimum atomic E-state index is -1.00. The summed E-state index contributed by atoms with van der Waals surface area (Å²) < 4.78 is 21.0. The normalized spacial score (nSPS) is 15.9. The summed E-state index contributed by atoms with van der Waals surface area (Å²) >= 11 is 0. The molecule has 2 aromatic carbocycles. The Morgan fingerprint density at radius 3 is 1.46 bits per heavy atom. The highest BCUT2D eigenvalue weighted by Gasteiger charge is 2.37. The molecule has 332 valence electrons. The molecule has 0 radical (unpaired) electrons. The van der Waals surface area contributed by atoms with E-state index in [1.165, 1.54) is 25.7 Å². The number of nitrogens with two attached hydrogens (primary N) is 1. The third-order valence-electron chi connectivity index (χ3n) is 10.8. The maximum absolute atomic E-state index is 13.2. The first-order chi connectivity index (χ1) is 27.3. The lowest BCUT2D eigenvalue weighted by molar-refractivity contribution is -0.142. The van der Waals surface area contributed by atoms with E-state index in [-0.39, 0.29) is 63.2 Å². The Morgan fingerprint density at radius 2 is 1.08 bits per heavy atom. The van der Waals surface area contributed by atoms with Crippen molar-refractivity contribution >= 4 is 37.8 Å². The topological polar surface area (TPSA) is 176 Å². The SMILES string of the molecule is C.CCC(C)C(=O)NC(Cc1ccccc1)C(=O)CC(CC1CC1)B(OC)OC.CCC(C)C(=O)NC(Cc1ccccc1)C(=O)O.COB(OC)C(N)CC1CC1.[CH3-]. The van der Waals surface area contributed by atoms with Gasteiger partial charge in [0, 0.05) is 64.9 Å². The molecule has 12 nitrogen and oxygen atoms in total. The fraction of sp³-hybridized carbons (Fsp3) is 0.622. The summed E-state index contributed by atoms with van der Waals surface area (Å²) in [4.78, 5) is 48.5. The Bertz CT molecular complexity index is 1440. The molecule has 0 bridgehead atoms. The third-order valence-corrected chi connectivity index (χ3v) is 10.8. The largest absolute Gasteiger partial charge is 0.480 e. The van der Waals surface area contributed by atoms with Crippen molar-refractivity contribution in [2.24, 2.45) is 29.4 Å². The highest BCUT2D eigenvalue weighted by molar-refractivity contribution is 6.47. The summed E-state index contributed by atoms with van der Waals surface area (Å²) in [5.41, 5.74) is 7.77. The molecule has 0 heterocycles. The number of aliphatic carboxylic acids is 1. The quantitative estimate of drug-likeness (QED) is 0.0635. The Morgan fingerprint density at radius 1 is 0.695 bits per heavy atom. The van der Waals surface area contributed by atoms with Crippen LogP contribution in [-0.2, 0) is 50.6 Å². The van der Waals surface area contributed by atoms with Crippen LogP contribution in [0, 0.1) is 31.1 Å². The molecule has 2 aliphatic rings. The van der Waals surface area contributed by atoms with Crippen LogP contribution >= 0.6 is 0 Å². The van der Waals surface area contributed by atoms with Gasteiger partial charge in [0.2, 0.25) is 11.8 Å². The molecule has 2 aromatic rings. The fourth-order valence-electron chi connectivity index (χ4n) is 6.39. The Kier molecular flexibility index (Phi) is 28.6. The van der Waals surface area contributed by atoms with E-state index in [0.29, 0.717) is 31.6 Å². The lowest BCUT2D eigenvalue weighted by Crippen LogP contribution is -2.45. The molecular weight excluding hydrogens is 748 g/mol. The van der Waals surface area contributed by atoms with Crippen molar-refractivity contribution in [2.45, 2.75) is 130 Å². The second kappa shape index (κ2) is 30.5. The molecule has 0 saturated heterocycles. The Balaban J connectivity index is 0.000000930. The van der Waals surface area contributed by atoms with Gasteiger partial charge < -0.3 is 47.5 Å². The monoisotopic (exact) mass is 825 g/mol. The molecule has 6 unspecified atom stereocenters. The molecule has 2 amide bonds. The standard InChI is InChI=1S/C22H34BNO4.C14H19NO3.C7H16BNO2.CH4.CH3/c1-5-16(2)22(26)24-20(14-17-9-7-6-8-10-17)21(25)15-19(13-18-11-12-18)23(27-3)28-4;1-3-10(2)13(16)15-12(14(17)18)9-11-7-5-4-6-8-11;1-10-8(11-2)7(9)5-6-3-4-6;;/h6-10,16,18-20H,5,11-15H2,1-4H3,(H,24,26);4-8,10,12H,3,9H2,1-2H3,(H,15,16)(H,17,18);6-7H,3-5,9H2,1-2H3;1H4;1H3/q;;;;-1. The van der Waals surface area contributed by atoms with Gasteiger partial charge in [-0.15, -0.1) is 0 Å². The molecule has 2 fully saturated rings. The number of carboxylic acids is 1. The maximum atomic E-state index is 13.2. The van der Waals surface area contributed by atoms with E-state index in [1.807, 2.05) is 81.4 Å². The second-order valence-corrected chi connectivity index (χ2v) is 15.6. The molecule has 59 heavy (non-hydrogen) atoms. The second-order valence-electron chi connectivity index (χ2n) is 15.6. The number of hydrogen-bond donors (Lipinski definition) is 4. The summed E-state index contributed by atoms with van der Waals surface area (Å²) in [6.07, 6.45) is 9.64. The van der Waals surface area contributed by atoms with E-state index >= 15 is 0 Å². The molecule has 0 aromatic heterocycles. The molecule has 0 spiro atoms. The first kappa shape index (κ1) is 55.4. The number of nitrogens with one attached hydrogen (secondary N) is 2. The van der Waals surface area contributed by atoms with Gasteiger partial charge in [0.05, 0.1) is 6.04 Å². The van der Waals surface area contributed by atoms with Crippen LogP contribution in [0.4, 0.5) is 0 Å².